The number of methoxy groups -OCH3 is 1. The molecule has 0 spiro atoms. The molecule has 142 valence electrons. The second kappa shape index (κ2) is 8.33. The second-order valence-electron chi connectivity index (χ2n) is 6.88. The molecule has 1 aliphatic carbocycles. The number of rotatable bonds is 5. The van der Waals surface area contributed by atoms with E-state index in [0.29, 0.717) is 17.8 Å². The highest BCUT2D eigenvalue weighted by Crippen LogP contribution is 2.32. The molecule has 0 N–H and O–H groups in total. The molecule has 0 atom stereocenters. The summed E-state index contributed by atoms with van der Waals surface area (Å²) in [6.07, 6.45) is 9.18. The van der Waals surface area contributed by atoms with Crippen LogP contribution in [0.5, 0.6) is 0 Å². The molecule has 5 heteroatoms. The number of halogens is 1. The zero-order valence-corrected chi connectivity index (χ0v) is 15.8. The minimum atomic E-state index is -0.553. The summed E-state index contributed by atoms with van der Waals surface area (Å²) >= 11 is 0. The number of ether oxygens (including phenoxy) is 1. The Morgan fingerprint density at radius 2 is 2.15 bits per heavy atom. The minimum absolute atomic E-state index is 0.242. The SMILES string of the molecule is COC(=O)C1=C(C)N(CCC2=CCCCC2)C(=O)/C1=C\c1cccc(F)c1. The van der Waals surface area contributed by atoms with Crippen LogP contribution in [-0.2, 0) is 14.3 Å². The first kappa shape index (κ1) is 19.1. The molecular weight excluding hydrogens is 345 g/mol. The summed E-state index contributed by atoms with van der Waals surface area (Å²) < 4.78 is 18.4. The number of allylic oxidation sites excluding steroid dienone is 2. The maximum absolute atomic E-state index is 13.5. The third-order valence-electron chi connectivity index (χ3n) is 5.10. The van der Waals surface area contributed by atoms with Gasteiger partial charge in [-0.15, -0.1) is 0 Å². The third kappa shape index (κ3) is 4.18. The Bertz CT molecular complexity index is 851. The van der Waals surface area contributed by atoms with E-state index in [-0.39, 0.29) is 17.1 Å². The Morgan fingerprint density at radius 1 is 1.33 bits per heavy atom. The van der Waals surface area contributed by atoms with Gasteiger partial charge >= 0.3 is 5.97 Å². The van der Waals surface area contributed by atoms with Crippen molar-refractivity contribution in [2.45, 2.75) is 39.0 Å². The monoisotopic (exact) mass is 369 g/mol. The summed E-state index contributed by atoms with van der Waals surface area (Å²) in [5.74, 6) is -1.19. The number of carbonyl (C=O) groups is 2. The molecule has 4 nitrogen and oxygen atoms in total. The molecular formula is C22H24FNO3. The number of nitrogens with zero attached hydrogens (tertiary/aromatic N) is 1. The van der Waals surface area contributed by atoms with Gasteiger partial charge in [-0.05, 0) is 62.8 Å². The van der Waals surface area contributed by atoms with Crippen LogP contribution in [0.4, 0.5) is 4.39 Å². The van der Waals surface area contributed by atoms with E-state index in [2.05, 4.69) is 6.08 Å². The lowest BCUT2D eigenvalue weighted by molar-refractivity contribution is -0.136. The van der Waals surface area contributed by atoms with Crippen molar-refractivity contribution in [1.82, 2.24) is 4.90 Å². The van der Waals surface area contributed by atoms with Gasteiger partial charge in [0.15, 0.2) is 0 Å². The molecule has 27 heavy (non-hydrogen) atoms. The molecule has 3 rings (SSSR count). The van der Waals surface area contributed by atoms with E-state index in [1.165, 1.54) is 37.7 Å². The largest absolute Gasteiger partial charge is 0.465 e. The molecule has 0 saturated heterocycles. The van der Waals surface area contributed by atoms with Gasteiger partial charge in [-0.3, -0.25) is 4.79 Å². The number of hydrogen-bond acceptors (Lipinski definition) is 3. The van der Waals surface area contributed by atoms with Crippen molar-refractivity contribution in [2.75, 3.05) is 13.7 Å². The van der Waals surface area contributed by atoms with Crippen molar-refractivity contribution in [3.63, 3.8) is 0 Å². The van der Waals surface area contributed by atoms with Crippen LogP contribution >= 0.6 is 0 Å². The Morgan fingerprint density at radius 3 is 2.81 bits per heavy atom. The summed E-state index contributed by atoms with van der Waals surface area (Å²) in [6.45, 7) is 2.28. The number of benzene rings is 1. The van der Waals surface area contributed by atoms with Crippen molar-refractivity contribution < 1.29 is 18.7 Å². The van der Waals surface area contributed by atoms with E-state index in [9.17, 15) is 14.0 Å². The van der Waals surface area contributed by atoms with Crippen LogP contribution in [-0.4, -0.2) is 30.4 Å². The lowest BCUT2D eigenvalue weighted by Crippen LogP contribution is -2.26. The molecule has 0 fully saturated rings. The molecule has 1 aromatic rings. The molecule has 0 radical (unpaired) electrons. The zero-order valence-electron chi connectivity index (χ0n) is 15.8. The van der Waals surface area contributed by atoms with Crippen molar-refractivity contribution in [1.29, 1.82) is 0 Å². The fourth-order valence-corrected chi connectivity index (χ4v) is 3.65. The highest BCUT2D eigenvalue weighted by Gasteiger charge is 2.36. The Balaban J connectivity index is 1.90. The van der Waals surface area contributed by atoms with E-state index in [1.54, 1.807) is 30.0 Å². The lowest BCUT2D eigenvalue weighted by atomic mass is 9.97. The third-order valence-corrected chi connectivity index (χ3v) is 5.10. The zero-order chi connectivity index (χ0) is 19.4. The van der Waals surface area contributed by atoms with Crippen molar-refractivity contribution in [2.24, 2.45) is 0 Å². The second-order valence-corrected chi connectivity index (χ2v) is 6.88. The maximum atomic E-state index is 13.5. The fourth-order valence-electron chi connectivity index (χ4n) is 3.65. The van der Waals surface area contributed by atoms with Crippen LogP contribution in [0.2, 0.25) is 0 Å². The van der Waals surface area contributed by atoms with Crippen LogP contribution in [0.1, 0.15) is 44.6 Å². The normalized spacial score (nSPS) is 18.9. The summed E-state index contributed by atoms with van der Waals surface area (Å²) in [6, 6.07) is 5.94. The van der Waals surface area contributed by atoms with Gasteiger partial charge < -0.3 is 9.64 Å². The standard InChI is InChI=1S/C22H24FNO3/c1-15-20(22(26)27-2)19(14-17-9-6-10-18(23)13-17)21(25)24(15)12-11-16-7-4-3-5-8-16/h6-7,9-10,13-14H,3-5,8,11-12H2,1-2H3/b19-14-. The van der Waals surface area contributed by atoms with Gasteiger partial charge in [0.25, 0.3) is 5.91 Å². The molecule has 0 aromatic heterocycles. The van der Waals surface area contributed by atoms with Crippen molar-refractivity contribution in [3.05, 3.63) is 64.1 Å². The summed E-state index contributed by atoms with van der Waals surface area (Å²) in [7, 11) is 1.29. The van der Waals surface area contributed by atoms with E-state index in [1.807, 2.05) is 0 Å². The molecule has 1 aromatic carbocycles. The van der Waals surface area contributed by atoms with Crippen LogP contribution in [0.25, 0.3) is 6.08 Å². The number of amides is 1. The molecule has 0 bridgehead atoms. The molecule has 1 aliphatic heterocycles. The van der Waals surface area contributed by atoms with Gasteiger partial charge in [0, 0.05) is 12.2 Å². The number of carbonyl (C=O) groups excluding carboxylic acids is 2. The van der Waals surface area contributed by atoms with Gasteiger partial charge in [0.05, 0.1) is 18.3 Å². The van der Waals surface area contributed by atoms with E-state index < -0.39 is 11.8 Å². The highest BCUT2D eigenvalue weighted by molar-refractivity contribution is 6.16. The van der Waals surface area contributed by atoms with Crippen LogP contribution in [0, 0.1) is 5.82 Å². The smallest absolute Gasteiger partial charge is 0.340 e. The molecule has 1 amide bonds. The summed E-state index contributed by atoms with van der Waals surface area (Å²) in [4.78, 5) is 26.9. The maximum Gasteiger partial charge on any atom is 0.340 e. The fraction of sp³-hybridized carbons (Fsp3) is 0.364. The van der Waals surface area contributed by atoms with Gasteiger partial charge in [0.2, 0.25) is 0 Å². The average Bonchev–Trinajstić information content (AvgIpc) is 2.90. The first-order chi connectivity index (χ1) is 13.0. The quantitative estimate of drug-likeness (QED) is 0.439. The topological polar surface area (TPSA) is 46.6 Å². The first-order valence-electron chi connectivity index (χ1n) is 9.28. The first-order valence-corrected chi connectivity index (χ1v) is 9.28. The molecule has 1 heterocycles. The van der Waals surface area contributed by atoms with Gasteiger partial charge in [-0.25, -0.2) is 9.18 Å². The highest BCUT2D eigenvalue weighted by atomic mass is 19.1. The average molecular weight is 369 g/mol. The minimum Gasteiger partial charge on any atom is -0.465 e. The molecule has 2 aliphatic rings. The van der Waals surface area contributed by atoms with Crippen molar-refractivity contribution in [3.8, 4) is 0 Å². The lowest BCUT2D eigenvalue weighted by Gasteiger charge is -2.20. The van der Waals surface area contributed by atoms with E-state index in [4.69, 9.17) is 4.74 Å². The number of esters is 1. The Labute approximate surface area is 159 Å². The Kier molecular flexibility index (Phi) is 5.89. The van der Waals surface area contributed by atoms with Crippen molar-refractivity contribution >= 4 is 18.0 Å². The van der Waals surface area contributed by atoms with E-state index in [0.717, 1.165) is 19.3 Å². The van der Waals surface area contributed by atoms with Gasteiger partial charge in [-0.2, -0.15) is 0 Å². The van der Waals surface area contributed by atoms with E-state index >= 15 is 0 Å². The van der Waals surface area contributed by atoms with Gasteiger partial charge in [0.1, 0.15) is 5.82 Å². The molecule has 0 saturated carbocycles. The Hall–Kier alpha value is -2.69. The van der Waals surface area contributed by atoms with Crippen LogP contribution < -0.4 is 0 Å². The predicted octanol–water partition coefficient (Wildman–Crippen LogP) is 4.39. The van der Waals surface area contributed by atoms with Gasteiger partial charge in [-0.1, -0.05) is 23.8 Å². The van der Waals surface area contributed by atoms with Crippen LogP contribution in [0.15, 0.2) is 52.8 Å². The summed E-state index contributed by atoms with van der Waals surface area (Å²) in [5.41, 5.74) is 2.99. The summed E-state index contributed by atoms with van der Waals surface area (Å²) in [5, 5.41) is 0. The predicted molar refractivity (Wildman–Crippen MR) is 102 cm³/mol. The molecule has 0 unspecified atom stereocenters. The number of hydrogen-bond donors (Lipinski definition) is 0. The van der Waals surface area contributed by atoms with Crippen LogP contribution in [0.3, 0.4) is 0 Å².